The summed E-state index contributed by atoms with van der Waals surface area (Å²) in [5, 5.41) is 2.14. The van der Waals surface area contributed by atoms with Gasteiger partial charge in [0.05, 0.1) is 11.6 Å². The minimum atomic E-state index is -0.0870. The zero-order valence-electron chi connectivity index (χ0n) is 13.7. The van der Waals surface area contributed by atoms with Gasteiger partial charge in [0.1, 0.15) is 0 Å². The lowest BCUT2D eigenvalue weighted by molar-refractivity contribution is -0.107. The average Bonchev–Trinajstić information content (AvgIpc) is 2.96. The van der Waals surface area contributed by atoms with Crippen molar-refractivity contribution in [3.05, 3.63) is 22.4 Å². The first-order valence-electron chi connectivity index (χ1n) is 8.14. The predicted molar refractivity (Wildman–Crippen MR) is 90.4 cm³/mol. The fourth-order valence-corrected chi connectivity index (χ4v) is 4.20. The van der Waals surface area contributed by atoms with Gasteiger partial charge < -0.3 is 4.74 Å². The van der Waals surface area contributed by atoms with Gasteiger partial charge in [-0.1, -0.05) is 19.9 Å². The van der Waals surface area contributed by atoms with Gasteiger partial charge in [-0.2, -0.15) is 0 Å². The number of rotatable bonds is 7. The first kappa shape index (κ1) is 16.9. The Hall–Kier alpha value is -0.420. The van der Waals surface area contributed by atoms with Gasteiger partial charge in [0.15, 0.2) is 0 Å². The second-order valence-corrected chi connectivity index (χ2v) is 8.03. The van der Waals surface area contributed by atoms with Crippen LogP contribution in [0.1, 0.15) is 57.8 Å². The first-order chi connectivity index (χ1) is 10.0. The van der Waals surface area contributed by atoms with E-state index in [1.54, 1.807) is 0 Å². The molecule has 2 rings (SSSR count). The number of hydrazine groups is 1. The Morgan fingerprint density at radius 2 is 2.05 bits per heavy atom. The van der Waals surface area contributed by atoms with Crippen molar-refractivity contribution in [2.24, 2.45) is 11.3 Å². The fourth-order valence-electron chi connectivity index (χ4n) is 3.47. The quantitative estimate of drug-likeness (QED) is 0.593. The van der Waals surface area contributed by atoms with Crippen LogP contribution in [0, 0.1) is 5.41 Å². The zero-order valence-corrected chi connectivity index (χ0v) is 14.5. The second kappa shape index (κ2) is 7.23. The highest BCUT2D eigenvalue weighted by molar-refractivity contribution is 7.09. The van der Waals surface area contributed by atoms with Gasteiger partial charge in [-0.05, 0) is 62.3 Å². The molecule has 1 unspecified atom stereocenters. The maximum absolute atomic E-state index is 6.25. The summed E-state index contributed by atoms with van der Waals surface area (Å²) in [6, 6.07) is 4.55. The Balaban J connectivity index is 2.03. The van der Waals surface area contributed by atoms with Crippen molar-refractivity contribution < 1.29 is 4.74 Å². The smallest absolute Gasteiger partial charge is 0.0848 e. The van der Waals surface area contributed by atoms with Gasteiger partial charge in [0.2, 0.25) is 0 Å². The zero-order chi connectivity index (χ0) is 15.3. The molecule has 1 aliphatic rings. The molecule has 3 nitrogen and oxygen atoms in total. The van der Waals surface area contributed by atoms with Gasteiger partial charge in [0.25, 0.3) is 0 Å². The molecule has 0 saturated heterocycles. The number of aryl methyl sites for hydroxylation is 1. The van der Waals surface area contributed by atoms with Crippen LogP contribution >= 0.6 is 11.3 Å². The Bertz CT molecular complexity index is 406. The molecule has 0 bridgehead atoms. The van der Waals surface area contributed by atoms with Crippen LogP contribution in [0.3, 0.4) is 0 Å². The number of thiophene rings is 1. The van der Waals surface area contributed by atoms with E-state index in [9.17, 15) is 0 Å². The van der Waals surface area contributed by atoms with Crippen LogP contribution in [0.2, 0.25) is 0 Å². The Morgan fingerprint density at radius 1 is 1.33 bits per heavy atom. The van der Waals surface area contributed by atoms with Crippen LogP contribution in [0.15, 0.2) is 17.5 Å². The summed E-state index contributed by atoms with van der Waals surface area (Å²) < 4.78 is 6.25. The van der Waals surface area contributed by atoms with E-state index < -0.39 is 0 Å². The third-order valence-corrected chi connectivity index (χ3v) is 5.91. The number of nitrogens with two attached hydrogens (primary N) is 1. The fraction of sp³-hybridized carbons (Fsp3) is 0.765. The molecule has 1 aromatic heterocycles. The molecule has 1 atom stereocenters. The van der Waals surface area contributed by atoms with E-state index in [1.165, 1.54) is 17.7 Å². The number of nitrogens with one attached hydrogen (secondary N) is 1. The van der Waals surface area contributed by atoms with Gasteiger partial charge in [-0.25, -0.2) is 0 Å². The Morgan fingerprint density at radius 3 is 2.57 bits per heavy atom. The van der Waals surface area contributed by atoms with Gasteiger partial charge in [-0.3, -0.25) is 11.3 Å². The van der Waals surface area contributed by atoms with Gasteiger partial charge in [0, 0.05) is 11.5 Å². The Labute approximate surface area is 133 Å². The molecule has 1 fully saturated rings. The molecule has 0 amide bonds. The lowest BCUT2D eigenvalue weighted by Gasteiger charge is -2.47. The molecule has 1 aromatic rings. The molecule has 3 N–H and O–H groups in total. The summed E-state index contributed by atoms with van der Waals surface area (Å²) in [5.74, 6) is 5.90. The van der Waals surface area contributed by atoms with Gasteiger partial charge in [-0.15, -0.1) is 11.3 Å². The van der Waals surface area contributed by atoms with Crippen LogP contribution in [-0.4, -0.2) is 18.2 Å². The largest absolute Gasteiger partial charge is 0.374 e. The molecule has 21 heavy (non-hydrogen) atoms. The standard InChI is InChI=1S/C17H30N2OS/c1-4-20-17(11-9-16(2,3)10-12-17)15(19-18)8-7-14-6-5-13-21-14/h5-6,13,15,19H,4,7-12,18H2,1-3H3. The number of ether oxygens (including phenoxy) is 1. The van der Waals surface area contributed by atoms with Crippen molar-refractivity contribution in [3.63, 3.8) is 0 Å². The molecule has 120 valence electrons. The van der Waals surface area contributed by atoms with E-state index in [1.807, 2.05) is 11.3 Å². The normalized spacial score (nSPS) is 22.1. The molecule has 1 saturated carbocycles. The number of hydrogen-bond acceptors (Lipinski definition) is 4. The molecule has 0 aliphatic heterocycles. The molecular formula is C17H30N2OS. The third kappa shape index (κ3) is 4.28. The number of hydrogen-bond donors (Lipinski definition) is 2. The van der Waals surface area contributed by atoms with E-state index in [2.05, 4.69) is 43.7 Å². The second-order valence-electron chi connectivity index (χ2n) is 7.00. The van der Waals surface area contributed by atoms with E-state index in [-0.39, 0.29) is 11.6 Å². The highest BCUT2D eigenvalue weighted by atomic mass is 32.1. The summed E-state index contributed by atoms with van der Waals surface area (Å²) in [6.45, 7) is 7.57. The molecule has 0 aromatic carbocycles. The summed E-state index contributed by atoms with van der Waals surface area (Å²) >= 11 is 1.82. The topological polar surface area (TPSA) is 47.3 Å². The van der Waals surface area contributed by atoms with Crippen molar-refractivity contribution in [3.8, 4) is 0 Å². The SMILES string of the molecule is CCOC1(C(CCc2cccs2)NN)CCC(C)(C)CC1. The minimum Gasteiger partial charge on any atom is -0.374 e. The lowest BCUT2D eigenvalue weighted by Crippen LogP contribution is -2.57. The van der Waals surface area contributed by atoms with Gasteiger partial charge >= 0.3 is 0 Å². The van der Waals surface area contributed by atoms with E-state index in [0.717, 1.165) is 32.3 Å². The molecule has 1 aliphatic carbocycles. The molecular weight excluding hydrogens is 280 g/mol. The van der Waals surface area contributed by atoms with Crippen molar-refractivity contribution in [2.75, 3.05) is 6.61 Å². The molecule has 1 heterocycles. The summed E-state index contributed by atoms with van der Waals surface area (Å²) in [4.78, 5) is 1.43. The van der Waals surface area contributed by atoms with Crippen LogP contribution in [0.25, 0.3) is 0 Å². The Kier molecular flexibility index (Phi) is 5.83. The summed E-state index contributed by atoms with van der Waals surface area (Å²) in [7, 11) is 0. The van der Waals surface area contributed by atoms with Crippen LogP contribution in [0.4, 0.5) is 0 Å². The maximum atomic E-state index is 6.25. The third-order valence-electron chi connectivity index (χ3n) is 4.98. The molecule has 4 heteroatoms. The van der Waals surface area contributed by atoms with Crippen molar-refractivity contribution in [1.29, 1.82) is 0 Å². The summed E-state index contributed by atoms with van der Waals surface area (Å²) in [6.07, 6.45) is 6.75. The van der Waals surface area contributed by atoms with Crippen molar-refractivity contribution >= 4 is 11.3 Å². The van der Waals surface area contributed by atoms with E-state index in [4.69, 9.17) is 10.6 Å². The average molecular weight is 311 g/mol. The molecule has 0 spiro atoms. The predicted octanol–water partition coefficient (Wildman–Crippen LogP) is 3.89. The summed E-state index contributed by atoms with van der Waals surface area (Å²) in [5.41, 5.74) is 3.42. The van der Waals surface area contributed by atoms with Crippen LogP contribution in [0.5, 0.6) is 0 Å². The lowest BCUT2D eigenvalue weighted by atomic mass is 9.68. The minimum absolute atomic E-state index is 0.0870. The first-order valence-corrected chi connectivity index (χ1v) is 9.02. The van der Waals surface area contributed by atoms with E-state index in [0.29, 0.717) is 5.41 Å². The van der Waals surface area contributed by atoms with Crippen LogP contribution in [-0.2, 0) is 11.2 Å². The van der Waals surface area contributed by atoms with Crippen molar-refractivity contribution in [1.82, 2.24) is 5.43 Å². The van der Waals surface area contributed by atoms with Crippen molar-refractivity contribution in [2.45, 2.75) is 70.9 Å². The molecule has 0 radical (unpaired) electrons. The highest BCUT2D eigenvalue weighted by Crippen LogP contribution is 2.44. The van der Waals surface area contributed by atoms with Crippen LogP contribution < -0.4 is 11.3 Å². The highest BCUT2D eigenvalue weighted by Gasteiger charge is 2.44. The maximum Gasteiger partial charge on any atom is 0.0848 e. The monoisotopic (exact) mass is 310 g/mol. The van der Waals surface area contributed by atoms with E-state index >= 15 is 0 Å².